The van der Waals surface area contributed by atoms with Crippen molar-refractivity contribution in [2.45, 2.75) is 45.6 Å². The second-order valence-electron chi connectivity index (χ2n) is 7.24. The minimum absolute atomic E-state index is 0. The van der Waals surface area contributed by atoms with Gasteiger partial charge in [0.15, 0.2) is 5.96 Å². The standard InChI is InChI=1S/C17H32N4O2.HI/c1-13(2)15(22)21-9-5-14(11-21)20-16(18-3)19-12-17(6-7-17)8-10-23-4;/h13-14H,5-12H2,1-4H3,(H2,18,19,20);1H. The van der Waals surface area contributed by atoms with E-state index < -0.39 is 0 Å². The number of hydrogen-bond donors (Lipinski definition) is 2. The maximum atomic E-state index is 12.1. The van der Waals surface area contributed by atoms with E-state index >= 15 is 0 Å². The molecular formula is C17H33IN4O2. The van der Waals surface area contributed by atoms with E-state index in [0.717, 1.165) is 45.0 Å². The van der Waals surface area contributed by atoms with Gasteiger partial charge in [-0.3, -0.25) is 9.79 Å². The zero-order valence-electron chi connectivity index (χ0n) is 15.4. The van der Waals surface area contributed by atoms with Gasteiger partial charge in [-0.25, -0.2) is 0 Å². The third-order valence-corrected chi connectivity index (χ3v) is 4.98. The van der Waals surface area contributed by atoms with E-state index in [-0.39, 0.29) is 41.8 Å². The summed E-state index contributed by atoms with van der Waals surface area (Å²) in [7, 11) is 3.56. The number of rotatable bonds is 7. The molecule has 6 nitrogen and oxygen atoms in total. The van der Waals surface area contributed by atoms with Crippen molar-refractivity contribution in [3.8, 4) is 0 Å². The Hall–Kier alpha value is -0.570. The molecule has 0 bridgehead atoms. The minimum atomic E-state index is 0. The van der Waals surface area contributed by atoms with Gasteiger partial charge in [-0.15, -0.1) is 24.0 Å². The molecule has 1 aliphatic carbocycles. The van der Waals surface area contributed by atoms with E-state index in [1.807, 2.05) is 18.7 Å². The Kier molecular flexibility index (Phi) is 8.76. The Labute approximate surface area is 163 Å². The Bertz CT molecular complexity index is 438. The van der Waals surface area contributed by atoms with Crippen molar-refractivity contribution in [2.75, 3.05) is 40.4 Å². The van der Waals surface area contributed by atoms with Gasteiger partial charge in [0.1, 0.15) is 0 Å². The number of hydrogen-bond acceptors (Lipinski definition) is 3. The molecule has 2 rings (SSSR count). The van der Waals surface area contributed by atoms with Crippen LogP contribution in [0.25, 0.3) is 0 Å². The minimum Gasteiger partial charge on any atom is -0.385 e. The van der Waals surface area contributed by atoms with E-state index in [0.29, 0.717) is 5.41 Å². The van der Waals surface area contributed by atoms with E-state index in [9.17, 15) is 4.79 Å². The first-order valence-electron chi connectivity index (χ1n) is 8.74. The van der Waals surface area contributed by atoms with Gasteiger partial charge in [0.05, 0.1) is 0 Å². The zero-order valence-corrected chi connectivity index (χ0v) is 17.8. The van der Waals surface area contributed by atoms with Crippen LogP contribution in [0.15, 0.2) is 4.99 Å². The molecule has 1 heterocycles. The van der Waals surface area contributed by atoms with Gasteiger partial charge in [-0.05, 0) is 31.1 Å². The van der Waals surface area contributed by atoms with E-state index in [4.69, 9.17) is 4.74 Å². The fourth-order valence-corrected chi connectivity index (χ4v) is 3.11. The van der Waals surface area contributed by atoms with Crippen LogP contribution in [0.1, 0.15) is 39.5 Å². The molecule has 0 aromatic carbocycles. The molecule has 1 saturated heterocycles. The highest BCUT2D eigenvalue weighted by Crippen LogP contribution is 2.48. The van der Waals surface area contributed by atoms with Gasteiger partial charge in [0.25, 0.3) is 0 Å². The third-order valence-electron chi connectivity index (χ3n) is 4.98. The number of halogens is 1. The van der Waals surface area contributed by atoms with Crippen molar-refractivity contribution in [3.05, 3.63) is 0 Å². The highest BCUT2D eigenvalue weighted by atomic mass is 127. The van der Waals surface area contributed by atoms with E-state index in [1.165, 1.54) is 12.8 Å². The van der Waals surface area contributed by atoms with Gasteiger partial charge in [-0.2, -0.15) is 0 Å². The molecule has 1 unspecified atom stereocenters. The van der Waals surface area contributed by atoms with Crippen molar-refractivity contribution < 1.29 is 9.53 Å². The van der Waals surface area contributed by atoms with Crippen LogP contribution in [0.3, 0.4) is 0 Å². The predicted molar refractivity (Wildman–Crippen MR) is 108 cm³/mol. The Morgan fingerprint density at radius 2 is 2.12 bits per heavy atom. The molecule has 24 heavy (non-hydrogen) atoms. The summed E-state index contributed by atoms with van der Waals surface area (Å²) in [5.41, 5.74) is 0.392. The van der Waals surface area contributed by atoms with E-state index in [1.54, 1.807) is 14.2 Å². The molecule has 2 N–H and O–H groups in total. The summed E-state index contributed by atoms with van der Waals surface area (Å²) in [6, 6.07) is 0.290. The molecule has 0 aromatic rings. The van der Waals surface area contributed by atoms with Gasteiger partial charge in [-0.1, -0.05) is 13.8 Å². The number of ether oxygens (including phenoxy) is 1. The molecule has 140 valence electrons. The second-order valence-corrected chi connectivity index (χ2v) is 7.24. The van der Waals surface area contributed by atoms with Gasteiger partial charge in [0, 0.05) is 52.4 Å². The summed E-state index contributed by atoms with van der Waals surface area (Å²) in [6.07, 6.45) is 4.61. The number of carbonyl (C=O) groups is 1. The fraction of sp³-hybridized carbons (Fsp3) is 0.882. The maximum Gasteiger partial charge on any atom is 0.225 e. The molecular weight excluding hydrogens is 419 g/mol. The summed E-state index contributed by atoms with van der Waals surface area (Å²) >= 11 is 0. The topological polar surface area (TPSA) is 66.0 Å². The quantitative estimate of drug-likeness (QED) is 0.352. The van der Waals surface area contributed by atoms with Crippen molar-refractivity contribution in [1.82, 2.24) is 15.5 Å². The lowest BCUT2D eigenvalue weighted by Crippen LogP contribution is -2.46. The number of nitrogens with zero attached hydrogens (tertiary/aromatic N) is 2. The molecule has 1 aliphatic heterocycles. The Morgan fingerprint density at radius 3 is 2.67 bits per heavy atom. The molecule has 1 atom stereocenters. The largest absolute Gasteiger partial charge is 0.385 e. The number of guanidine groups is 1. The van der Waals surface area contributed by atoms with Crippen LogP contribution < -0.4 is 10.6 Å². The number of methoxy groups -OCH3 is 1. The lowest BCUT2D eigenvalue weighted by molar-refractivity contribution is -0.133. The highest BCUT2D eigenvalue weighted by Gasteiger charge is 2.42. The van der Waals surface area contributed by atoms with Crippen molar-refractivity contribution in [3.63, 3.8) is 0 Å². The number of carbonyl (C=O) groups excluding carboxylic acids is 1. The number of aliphatic imine (C=N–C) groups is 1. The summed E-state index contributed by atoms with van der Waals surface area (Å²) in [6.45, 7) is 7.29. The Balaban J connectivity index is 0.00000288. The SMILES string of the molecule is CN=C(NCC1(CCOC)CC1)NC1CCN(C(=O)C(C)C)C1.I. The van der Waals surface area contributed by atoms with Crippen LogP contribution in [0.4, 0.5) is 0 Å². The van der Waals surface area contributed by atoms with Crippen molar-refractivity contribution in [1.29, 1.82) is 0 Å². The normalized spacial score (nSPS) is 22.3. The van der Waals surface area contributed by atoms with Crippen LogP contribution in [-0.4, -0.2) is 63.2 Å². The molecule has 1 saturated carbocycles. The number of amides is 1. The summed E-state index contributed by atoms with van der Waals surface area (Å²) in [5.74, 6) is 1.16. The Morgan fingerprint density at radius 1 is 1.42 bits per heavy atom. The van der Waals surface area contributed by atoms with Crippen molar-refractivity contribution in [2.24, 2.45) is 16.3 Å². The molecule has 0 aromatic heterocycles. The summed E-state index contributed by atoms with van der Waals surface area (Å²) in [4.78, 5) is 18.3. The first-order chi connectivity index (χ1) is 11.0. The summed E-state index contributed by atoms with van der Waals surface area (Å²) < 4.78 is 5.20. The van der Waals surface area contributed by atoms with Crippen LogP contribution in [0, 0.1) is 11.3 Å². The lowest BCUT2D eigenvalue weighted by atomic mass is 10.0. The van der Waals surface area contributed by atoms with Gasteiger partial charge < -0.3 is 20.3 Å². The molecule has 2 aliphatic rings. The van der Waals surface area contributed by atoms with Crippen LogP contribution in [0.2, 0.25) is 0 Å². The summed E-state index contributed by atoms with van der Waals surface area (Å²) in [5, 5.41) is 6.91. The van der Waals surface area contributed by atoms with Crippen molar-refractivity contribution >= 4 is 35.8 Å². The average Bonchev–Trinajstić information content (AvgIpc) is 3.17. The highest BCUT2D eigenvalue weighted by molar-refractivity contribution is 14.0. The number of likely N-dealkylation sites (tertiary alicyclic amines) is 1. The monoisotopic (exact) mass is 452 g/mol. The first-order valence-corrected chi connectivity index (χ1v) is 8.74. The number of nitrogens with one attached hydrogen (secondary N) is 2. The lowest BCUT2D eigenvalue weighted by Gasteiger charge is -2.22. The smallest absolute Gasteiger partial charge is 0.225 e. The van der Waals surface area contributed by atoms with Crippen LogP contribution >= 0.6 is 24.0 Å². The van der Waals surface area contributed by atoms with Crippen LogP contribution in [0.5, 0.6) is 0 Å². The molecule has 0 spiro atoms. The van der Waals surface area contributed by atoms with Gasteiger partial charge >= 0.3 is 0 Å². The fourth-order valence-electron chi connectivity index (χ4n) is 3.11. The first kappa shape index (κ1) is 21.5. The van der Waals surface area contributed by atoms with E-state index in [2.05, 4.69) is 15.6 Å². The van der Waals surface area contributed by atoms with Crippen LogP contribution in [-0.2, 0) is 9.53 Å². The van der Waals surface area contributed by atoms with Gasteiger partial charge in [0.2, 0.25) is 5.91 Å². The second kappa shape index (κ2) is 9.79. The molecule has 0 radical (unpaired) electrons. The molecule has 7 heteroatoms. The molecule has 1 amide bonds. The average molecular weight is 452 g/mol. The zero-order chi connectivity index (χ0) is 16.9. The third kappa shape index (κ3) is 6.06. The maximum absolute atomic E-state index is 12.1. The predicted octanol–water partition coefficient (Wildman–Crippen LogP) is 1.84. The molecule has 2 fully saturated rings.